The van der Waals surface area contributed by atoms with Gasteiger partial charge in [0.1, 0.15) is 0 Å². The van der Waals surface area contributed by atoms with Crippen molar-refractivity contribution in [3.8, 4) is 0 Å². The Morgan fingerprint density at radius 2 is 1.38 bits per heavy atom. The van der Waals surface area contributed by atoms with Crippen LogP contribution in [0.15, 0.2) is 0 Å². The average molecular weight is 369 g/mol. The minimum Gasteiger partial charge on any atom is -0.383 e. The van der Waals surface area contributed by atoms with Gasteiger partial charge in [0.05, 0.1) is 25.9 Å². The molecule has 0 aliphatic carbocycles. The van der Waals surface area contributed by atoms with E-state index in [1.807, 2.05) is 0 Å². The van der Waals surface area contributed by atoms with E-state index in [-0.39, 0.29) is 0 Å². The normalized spacial score (nSPS) is 27.3. The highest BCUT2D eigenvalue weighted by Gasteiger charge is 2.30. The van der Waals surface area contributed by atoms with Crippen LogP contribution in [0.25, 0.3) is 0 Å². The zero-order valence-electron chi connectivity index (χ0n) is 17.2. The minimum atomic E-state index is 0.704. The van der Waals surface area contributed by atoms with Gasteiger partial charge >= 0.3 is 0 Å². The first kappa shape index (κ1) is 20.5. The molecule has 0 saturated carbocycles. The molecular formula is C20H40N4O2. The number of piperazine rings is 2. The van der Waals surface area contributed by atoms with Gasteiger partial charge in [-0.05, 0) is 26.7 Å². The van der Waals surface area contributed by atoms with Gasteiger partial charge in [-0.15, -0.1) is 0 Å². The lowest BCUT2D eigenvalue weighted by Gasteiger charge is -2.44. The van der Waals surface area contributed by atoms with Crippen LogP contribution in [0.5, 0.6) is 0 Å². The van der Waals surface area contributed by atoms with E-state index < -0.39 is 0 Å². The van der Waals surface area contributed by atoms with Crippen LogP contribution in [-0.4, -0.2) is 124 Å². The van der Waals surface area contributed by atoms with Crippen molar-refractivity contribution >= 4 is 0 Å². The van der Waals surface area contributed by atoms with E-state index in [4.69, 9.17) is 9.47 Å². The topological polar surface area (TPSA) is 31.4 Å². The summed E-state index contributed by atoms with van der Waals surface area (Å²) in [5.41, 5.74) is 0. The molecule has 3 fully saturated rings. The molecule has 26 heavy (non-hydrogen) atoms. The Morgan fingerprint density at radius 1 is 0.846 bits per heavy atom. The van der Waals surface area contributed by atoms with Gasteiger partial charge in [0, 0.05) is 78.1 Å². The molecule has 0 bridgehead atoms. The van der Waals surface area contributed by atoms with Crippen LogP contribution in [0.1, 0.15) is 26.7 Å². The maximum Gasteiger partial charge on any atom is 0.0645 e. The van der Waals surface area contributed by atoms with Crippen LogP contribution in [0, 0.1) is 0 Å². The van der Waals surface area contributed by atoms with Crippen molar-refractivity contribution in [3.63, 3.8) is 0 Å². The third-order valence-electron chi connectivity index (χ3n) is 6.75. The second-order valence-electron chi connectivity index (χ2n) is 8.41. The van der Waals surface area contributed by atoms with Gasteiger partial charge in [0.2, 0.25) is 0 Å². The third kappa shape index (κ3) is 5.63. The van der Waals surface area contributed by atoms with Crippen LogP contribution < -0.4 is 0 Å². The molecule has 3 aliphatic heterocycles. The second-order valence-corrected chi connectivity index (χ2v) is 8.41. The lowest BCUT2D eigenvalue weighted by molar-refractivity contribution is -0.0795. The number of hydrogen-bond donors (Lipinski definition) is 0. The fourth-order valence-electron chi connectivity index (χ4n) is 4.47. The van der Waals surface area contributed by atoms with Crippen molar-refractivity contribution in [1.82, 2.24) is 19.6 Å². The Balaban J connectivity index is 1.30. The minimum absolute atomic E-state index is 0.704. The van der Waals surface area contributed by atoms with Gasteiger partial charge in [-0.3, -0.25) is 19.6 Å². The zero-order valence-corrected chi connectivity index (χ0v) is 17.2. The van der Waals surface area contributed by atoms with Crippen LogP contribution in [0.2, 0.25) is 0 Å². The Morgan fingerprint density at radius 3 is 1.85 bits per heavy atom. The van der Waals surface area contributed by atoms with Crippen molar-refractivity contribution < 1.29 is 9.47 Å². The molecule has 0 radical (unpaired) electrons. The highest BCUT2D eigenvalue weighted by molar-refractivity contribution is 4.84. The van der Waals surface area contributed by atoms with Gasteiger partial charge in [-0.25, -0.2) is 0 Å². The first-order chi connectivity index (χ1) is 12.7. The number of nitrogens with zero attached hydrogens (tertiary/aromatic N) is 4. The summed E-state index contributed by atoms with van der Waals surface area (Å²) in [5, 5.41) is 0. The van der Waals surface area contributed by atoms with Gasteiger partial charge in [-0.2, -0.15) is 0 Å². The second kappa shape index (κ2) is 10.3. The summed E-state index contributed by atoms with van der Waals surface area (Å²) < 4.78 is 10.5. The molecule has 3 aliphatic rings. The van der Waals surface area contributed by atoms with Crippen molar-refractivity contribution in [3.05, 3.63) is 0 Å². The summed E-state index contributed by atoms with van der Waals surface area (Å²) in [5.74, 6) is 0. The van der Waals surface area contributed by atoms with Gasteiger partial charge < -0.3 is 9.47 Å². The monoisotopic (exact) mass is 368 g/mol. The fraction of sp³-hybridized carbons (Fsp3) is 1.00. The van der Waals surface area contributed by atoms with E-state index in [0.717, 1.165) is 26.4 Å². The first-order valence-corrected chi connectivity index (χ1v) is 10.7. The van der Waals surface area contributed by atoms with Crippen molar-refractivity contribution in [2.45, 2.75) is 44.8 Å². The Labute approximate surface area is 160 Å². The number of rotatable bonds is 9. The molecule has 3 heterocycles. The number of methoxy groups -OCH3 is 1. The van der Waals surface area contributed by atoms with Crippen molar-refractivity contribution in [1.29, 1.82) is 0 Å². The molecule has 0 aromatic heterocycles. The number of hydrogen-bond acceptors (Lipinski definition) is 6. The molecule has 0 amide bonds. The van der Waals surface area contributed by atoms with Gasteiger partial charge in [0.25, 0.3) is 0 Å². The third-order valence-corrected chi connectivity index (χ3v) is 6.75. The highest BCUT2D eigenvalue weighted by Crippen LogP contribution is 2.18. The Kier molecular flexibility index (Phi) is 8.15. The van der Waals surface area contributed by atoms with E-state index >= 15 is 0 Å². The van der Waals surface area contributed by atoms with E-state index in [9.17, 15) is 0 Å². The van der Waals surface area contributed by atoms with Crippen molar-refractivity contribution in [2.24, 2.45) is 0 Å². The molecule has 2 atom stereocenters. The van der Waals surface area contributed by atoms with Crippen LogP contribution in [-0.2, 0) is 9.47 Å². The Hall–Kier alpha value is -0.240. The SMILES string of the molecule is COCCN1CCN(C(C)CCC(C)N2CCN(C3COC3)CC2)CC1. The van der Waals surface area contributed by atoms with Crippen molar-refractivity contribution in [2.75, 3.05) is 85.8 Å². The summed E-state index contributed by atoms with van der Waals surface area (Å²) in [7, 11) is 1.79. The maximum absolute atomic E-state index is 5.34. The molecular weight excluding hydrogens is 328 g/mol. The van der Waals surface area contributed by atoms with Gasteiger partial charge in [-0.1, -0.05) is 0 Å². The number of ether oxygens (including phenoxy) is 2. The summed E-state index contributed by atoms with van der Waals surface area (Å²) >= 11 is 0. The predicted molar refractivity (Wildman–Crippen MR) is 106 cm³/mol. The lowest BCUT2D eigenvalue weighted by Crippen LogP contribution is -2.57. The average Bonchev–Trinajstić information content (AvgIpc) is 2.64. The fourth-order valence-corrected chi connectivity index (χ4v) is 4.47. The van der Waals surface area contributed by atoms with E-state index in [1.165, 1.54) is 65.2 Å². The van der Waals surface area contributed by atoms with E-state index in [0.29, 0.717) is 18.1 Å². The van der Waals surface area contributed by atoms with Crippen LogP contribution >= 0.6 is 0 Å². The summed E-state index contributed by atoms with van der Waals surface area (Å²) in [4.78, 5) is 10.5. The van der Waals surface area contributed by atoms with Crippen LogP contribution in [0.3, 0.4) is 0 Å². The molecule has 0 aromatic carbocycles. The van der Waals surface area contributed by atoms with E-state index in [1.54, 1.807) is 7.11 Å². The molecule has 6 nitrogen and oxygen atoms in total. The molecule has 3 rings (SSSR count). The predicted octanol–water partition coefficient (Wildman–Crippen LogP) is 0.824. The summed E-state index contributed by atoms with van der Waals surface area (Å²) in [6.07, 6.45) is 2.63. The quantitative estimate of drug-likeness (QED) is 0.599. The molecule has 6 heteroatoms. The summed E-state index contributed by atoms with van der Waals surface area (Å²) in [6.45, 7) is 18.4. The molecule has 0 N–H and O–H groups in total. The van der Waals surface area contributed by atoms with Crippen LogP contribution in [0.4, 0.5) is 0 Å². The lowest BCUT2D eigenvalue weighted by atomic mass is 10.0. The summed E-state index contributed by atoms with van der Waals surface area (Å²) in [6, 6.07) is 2.12. The maximum atomic E-state index is 5.34. The standard InChI is InChI=1S/C20H40N4O2/c1-18(22-8-6-21(7-9-22)14-15-25-3)4-5-19(2)23-10-12-24(13-11-23)20-16-26-17-20/h18-20H,4-17H2,1-3H3. The van der Waals surface area contributed by atoms with E-state index in [2.05, 4.69) is 33.4 Å². The molecule has 2 unspecified atom stereocenters. The highest BCUT2D eigenvalue weighted by atomic mass is 16.5. The Bertz CT molecular complexity index is 391. The molecule has 0 spiro atoms. The largest absolute Gasteiger partial charge is 0.383 e. The van der Waals surface area contributed by atoms with Gasteiger partial charge in [0.15, 0.2) is 0 Å². The molecule has 152 valence electrons. The first-order valence-electron chi connectivity index (χ1n) is 10.7. The zero-order chi connectivity index (χ0) is 18.4. The smallest absolute Gasteiger partial charge is 0.0645 e. The molecule has 0 aromatic rings. The molecule has 3 saturated heterocycles.